The van der Waals surface area contributed by atoms with Crippen LogP contribution in [-0.2, 0) is 16.4 Å². The van der Waals surface area contributed by atoms with Crippen molar-refractivity contribution in [1.29, 1.82) is 0 Å². The van der Waals surface area contributed by atoms with Crippen molar-refractivity contribution < 1.29 is 27.9 Å². The zero-order valence-electron chi connectivity index (χ0n) is 18.0. The summed E-state index contributed by atoms with van der Waals surface area (Å²) in [6.45, 7) is 0. The molecule has 0 saturated carbocycles. The minimum Gasteiger partial charge on any atom is -0.496 e. The van der Waals surface area contributed by atoms with Crippen LogP contribution in [0.4, 0.5) is 5.69 Å². The smallest absolute Gasteiger partial charge is 0.336 e. The van der Waals surface area contributed by atoms with Gasteiger partial charge in [0.15, 0.2) is 0 Å². The topological polar surface area (TPSA) is 176 Å². The number of primary amides is 1. The van der Waals surface area contributed by atoms with E-state index in [0.717, 1.165) is 0 Å². The van der Waals surface area contributed by atoms with Crippen molar-refractivity contribution in [2.24, 2.45) is 10.9 Å². The number of carboxylic acids is 1. The minimum atomic E-state index is -3.88. The molecule has 10 heteroatoms. The summed E-state index contributed by atoms with van der Waals surface area (Å²) < 4.78 is 28.3. The van der Waals surface area contributed by atoms with E-state index in [-0.39, 0.29) is 28.1 Å². The van der Waals surface area contributed by atoms with E-state index >= 15 is 0 Å². The molecular weight excluding hydrogens is 458 g/mol. The fourth-order valence-electron chi connectivity index (χ4n) is 3.37. The number of ether oxygens (including phenoxy) is 1. The van der Waals surface area contributed by atoms with Gasteiger partial charge in [-0.3, -0.25) is 4.79 Å². The number of carbonyl (C=O) groups excluding carboxylic acids is 1. The number of anilines is 1. The SMILES string of the molecule is COc1cccc(C(=O)O)c1CC#Cc1cc(C(N)=O)c(N)c(-c2ccc(S(N)(=O)=O)cc2)c1. The molecule has 3 aromatic rings. The van der Waals surface area contributed by atoms with E-state index in [9.17, 15) is 23.1 Å². The molecule has 1 amide bonds. The van der Waals surface area contributed by atoms with Crippen LogP contribution in [0.25, 0.3) is 11.1 Å². The Morgan fingerprint density at radius 1 is 1.06 bits per heavy atom. The summed E-state index contributed by atoms with van der Waals surface area (Å²) >= 11 is 0. The van der Waals surface area contributed by atoms with E-state index in [1.165, 1.54) is 43.5 Å². The van der Waals surface area contributed by atoms with Crippen molar-refractivity contribution in [3.05, 3.63) is 76.9 Å². The van der Waals surface area contributed by atoms with Gasteiger partial charge in [-0.25, -0.2) is 18.4 Å². The lowest BCUT2D eigenvalue weighted by molar-refractivity contribution is 0.0695. The number of amides is 1. The van der Waals surface area contributed by atoms with Crippen LogP contribution >= 0.6 is 0 Å². The Morgan fingerprint density at radius 2 is 1.74 bits per heavy atom. The van der Waals surface area contributed by atoms with Crippen LogP contribution in [0.3, 0.4) is 0 Å². The van der Waals surface area contributed by atoms with E-state index in [4.69, 9.17) is 21.3 Å². The van der Waals surface area contributed by atoms with Gasteiger partial charge >= 0.3 is 5.97 Å². The van der Waals surface area contributed by atoms with Gasteiger partial charge in [0.1, 0.15) is 5.75 Å². The minimum absolute atomic E-state index is 0.0424. The molecule has 0 aromatic heterocycles. The Morgan fingerprint density at radius 3 is 2.29 bits per heavy atom. The molecule has 0 aliphatic carbocycles. The van der Waals surface area contributed by atoms with E-state index in [1.807, 2.05) is 0 Å². The number of benzene rings is 3. The fourth-order valence-corrected chi connectivity index (χ4v) is 3.88. The van der Waals surface area contributed by atoms with Gasteiger partial charge in [-0.15, -0.1) is 0 Å². The number of nitrogen functional groups attached to an aromatic ring is 1. The maximum Gasteiger partial charge on any atom is 0.336 e. The molecule has 0 bridgehead atoms. The summed E-state index contributed by atoms with van der Waals surface area (Å²) in [4.78, 5) is 23.4. The lowest BCUT2D eigenvalue weighted by Gasteiger charge is -2.11. The molecule has 0 aliphatic rings. The third-order valence-corrected chi connectivity index (χ3v) is 5.95. The van der Waals surface area contributed by atoms with Crippen molar-refractivity contribution in [2.45, 2.75) is 11.3 Å². The molecule has 34 heavy (non-hydrogen) atoms. The third kappa shape index (κ3) is 5.17. The standard InChI is InChI=1S/C24H21N3O6S/c1-33-21-7-3-6-18(24(29)30)17(21)5-2-4-14-12-19(22(25)20(13-14)23(26)28)15-8-10-16(11-9-15)34(27,31)32/h3,6-13H,5,25H2,1H3,(H2,26,28)(H,29,30)(H2,27,31,32). The third-order valence-electron chi connectivity index (χ3n) is 5.02. The van der Waals surface area contributed by atoms with Gasteiger partial charge in [0.2, 0.25) is 10.0 Å². The van der Waals surface area contributed by atoms with E-state index < -0.39 is 21.9 Å². The van der Waals surface area contributed by atoms with Gasteiger partial charge in [-0.1, -0.05) is 30.0 Å². The van der Waals surface area contributed by atoms with E-state index in [2.05, 4.69) is 11.8 Å². The van der Waals surface area contributed by atoms with Crippen LogP contribution in [0.1, 0.15) is 31.8 Å². The number of nitrogens with two attached hydrogens (primary N) is 3. The number of hydrogen-bond donors (Lipinski definition) is 4. The average Bonchev–Trinajstić information content (AvgIpc) is 2.79. The first-order valence-corrected chi connectivity index (χ1v) is 11.3. The lowest BCUT2D eigenvalue weighted by atomic mass is 9.96. The van der Waals surface area contributed by atoms with Crippen molar-refractivity contribution in [1.82, 2.24) is 0 Å². The molecule has 0 atom stereocenters. The van der Waals surface area contributed by atoms with Gasteiger partial charge in [0.05, 0.1) is 28.8 Å². The predicted octanol–water partition coefficient (Wildman–Crippen LogP) is 1.98. The highest BCUT2D eigenvalue weighted by molar-refractivity contribution is 7.89. The number of rotatable bonds is 6. The molecule has 0 spiro atoms. The highest BCUT2D eigenvalue weighted by Gasteiger charge is 2.16. The zero-order chi connectivity index (χ0) is 25.0. The van der Waals surface area contributed by atoms with E-state index in [1.54, 1.807) is 18.2 Å². The number of primary sulfonamides is 1. The number of methoxy groups -OCH3 is 1. The monoisotopic (exact) mass is 479 g/mol. The molecule has 9 nitrogen and oxygen atoms in total. The van der Waals surface area contributed by atoms with Gasteiger partial charge in [-0.2, -0.15) is 0 Å². The number of aromatic carboxylic acids is 1. The first-order valence-electron chi connectivity index (χ1n) is 9.77. The van der Waals surface area contributed by atoms with Gasteiger partial charge < -0.3 is 21.3 Å². The first kappa shape index (κ1) is 24.3. The second-order valence-corrected chi connectivity index (χ2v) is 8.75. The summed E-state index contributed by atoms with van der Waals surface area (Å²) in [6.07, 6.45) is 0.0698. The van der Waals surface area contributed by atoms with Crippen LogP contribution in [-0.4, -0.2) is 32.5 Å². The average molecular weight is 480 g/mol. The molecule has 7 N–H and O–H groups in total. The molecule has 0 saturated heterocycles. The van der Waals surface area contributed by atoms with Crippen LogP contribution < -0.4 is 21.3 Å². The van der Waals surface area contributed by atoms with Crippen LogP contribution in [0.15, 0.2) is 59.5 Å². The Kier molecular flexibility index (Phi) is 6.91. The number of carboxylic acid groups (broad SMARTS) is 1. The van der Waals surface area contributed by atoms with Crippen LogP contribution in [0.5, 0.6) is 5.75 Å². The summed E-state index contributed by atoms with van der Waals surface area (Å²) in [5, 5.41) is 14.6. The second-order valence-electron chi connectivity index (χ2n) is 7.19. The lowest BCUT2D eigenvalue weighted by Crippen LogP contribution is -2.14. The zero-order valence-corrected chi connectivity index (χ0v) is 18.8. The van der Waals surface area contributed by atoms with Crippen molar-refractivity contribution in [3.63, 3.8) is 0 Å². The summed E-state index contributed by atoms with van der Waals surface area (Å²) in [7, 11) is -2.44. The Bertz CT molecular complexity index is 1450. The molecule has 0 aliphatic heterocycles. The number of sulfonamides is 1. The molecule has 0 unspecified atom stereocenters. The highest BCUT2D eigenvalue weighted by Crippen LogP contribution is 2.31. The molecule has 3 aromatic carbocycles. The number of carbonyl (C=O) groups is 2. The Hall–Kier alpha value is -4.33. The summed E-state index contributed by atoms with van der Waals surface area (Å²) in [6, 6.07) is 13.4. The van der Waals surface area contributed by atoms with Crippen LogP contribution in [0.2, 0.25) is 0 Å². The normalized spacial score (nSPS) is 10.8. The van der Waals surface area contributed by atoms with Gasteiger partial charge in [0, 0.05) is 23.1 Å². The molecule has 0 heterocycles. The fraction of sp³-hybridized carbons (Fsp3) is 0.0833. The van der Waals surface area contributed by atoms with Crippen molar-refractivity contribution in [3.8, 4) is 28.7 Å². The molecule has 0 radical (unpaired) electrons. The van der Waals surface area contributed by atoms with Gasteiger partial charge in [-0.05, 0) is 42.0 Å². The molecule has 3 rings (SSSR count). The summed E-state index contributed by atoms with van der Waals surface area (Å²) in [5.41, 5.74) is 13.6. The van der Waals surface area contributed by atoms with Crippen molar-refractivity contribution >= 4 is 27.6 Å². The molecular formula is C24H21N3O6S. The van der Waals surface area contributed by atoms with Crippen LogP contribution in [0, 0.1) is 11.8 Å². The summed E-state index contributed by atoms with van der Waals surface area (Å²) in [5.74, 6) is 4.32. The second kappa shape index (κ2) is 9.66. The van der Waals surface area contributed by atoms with Gasteiger partial charge in [0.25, 0.3) is 5.91 Å². The maximum atomic E-state index is 12.0. The van der Waals surface area contributed by atoms with Crippen molar-refractivity contribution in [2.75, 3.05) is 12.8 Å². The Balaban J connectivity index is 2.06. The highest BCUT2D eigenvalue weighted by atomic mass is 32.2. The quantitative estimate of drug-likeness (QED) is 0.308. The Labute approximate surface area is 196 Å². The molecule has 174 valence electrons. The number of hydrogen-bond acceptors (Lipinski definition) is 6. The predicted molar refractivity (Wildman–Crippen MR) is 127 cm³/mol. The largest absolute Gasteiger partial charge is 0.496 e. The first-order chi connectivity index (χ1) is 16.0. The maximum absolute atomic E-state index is 12.0. The van der Waals surface area contributed by atoms with E-state index in [0.29, 0.717) is 28.0 Å². The molecule has 0 fully saturated rings.